The lowest BCUT2D eigenvalue weighted by Crippen LogP contribution is -2.46. The predicted molar refractivity (Wildman–Crippen MR) is 135 cm³/mol. The Labute approximate surface area is 220 Å². The monoisotopic (exact) mass is 539 g/mol. The first-order valence-electron chi connectivity index (χ1n) is 12.7. The van der Waals surface area contributed by atoms with Gasteiger partial charge in [0.05, 0.1) is 35.1 Å². The third-order valence-electron chi connectivity index (χ3n) is 8.01. The van der Waals surface area contributed by atoms with E-state index in [4.69, 9.17) is 5.73 Å². The quantitative estimate of drug-likeness (QED) is 0.592. The summed E-state index contributed by atoms with van der Waals surface area (Å²) in [6, 6.07) is 5.50. The zero-order valence-electron chi connectivity index (χ0n) is 20.8. The van der Waals surface area contributed by atoms with E-state index in [2.05, 4.69) is 10.00 Å². The molecule has 0 spiro atoms. The van der Waals surface area contributed by atoms with Crippen LogP contribution in [0.2, 0.25) is 0 Å². The molecule has 5 rings (SSSR count). The molecule has 3 aliphatic rings. The highest BCUT2D eigenvalue weighted by atomic mass is 35.5. The molecular weight excluding hydrogens is 507 g/mol. The Morgan fingerprint density at radius 1 is 1.03 bits per heavy atom. The fraction of sp³-hybridized carbons (Fsp3) is 0.577. The van der Waals surface area contributed by atoms with Crippen molar-refractivity contribution in [3.05, 3.63) is 52.8 Å². The molecule has 0 radical (unpaired) electrons. The van der Waals surface area contributed by atoms with Crippen LogP contribution in [0.5, 0.6) is 0 Å². The van der Waals surface area contributed by atoms with Gasteiger partial charge in [-0.15, -0.1) is 12.4 Å². The van der Waals surface area contributed by atoms with Gasteiger partial charge in [-0.05, 0) is 50.7 Å². The van der Waals surface area contributed by atoms with Gasteiger partial charge in [0.25, 0.3) is 5.91 Å². The van der Waals surface area contributed by atoms with E-state index in [-0.39, 0.29) is 54.3 Å². The van der Waals surface area contributed by atoms with Gasteiger partial charge in [-0.25, -0.2) is 0 Å². The second kappa shape index (κ2) is 10.6. The van der Waals surface area contributed by atoms with Gasteiger partial charge in [-0.1, -0.05) is 18.2 Å². The van der Waals surface area contributed by atoms with Crippen LogP contribution in [0.4, 0.5) is 13.2 Å². The minimum absolute atomic E-state index is 0. The molecule has 1 aromatic heterocycles. The predicted octanol–water partition coefficient (Wildman–Crippen LogP) is 4.34. The number of amides is 2. The maximum atomic E-state index is 13.6. The van der Waals surface area contributed by atoms with E-state index in [0.717, 1.165) is 50.5 Å². The molecule has 3 fully saturated rings. The van der Waals surface area contributed by atoms with Crippen molar-refractivity contribution in [2.45, 2.75) is 69.1 Å². The summed E-state index contributed by atoms with van der Waals surface area (Å²) in [5.74, 6) is -0.531. The van der Waals surface area contributed by atoms with E-state index in [0.29, 0.717) is 24.4 Å². The van der Waals surface area contributed by atoms with Crippen LogP contribution in [0.15, 0.2) is 30.5 Å². The molecule has 2 saturated heterocycles. The van der Waals surface area contributed by atoms with Crippen LogP contribution < -0.4 is 5.73 Å². The average molecular weight is 540 g/mol. The van der Waals surface area contributed by atoms with Crippen molar-refractivity contribution in [2.75, 3.05) is 26.2 Å². The molecule has 2 N–H and O–H groups in total. The fourth-order valence-electron chi connectivity index (χ4n) is 5.77. The standard InChI is InChI=1S/C26H32F3N5O2.ClH/c1-16(24(30)35)32-12-9-19(10-13-32)34-23(17-6-7-17)21(14-31-34)25(36)33-11-8-18(15-33)20-4-2-3-5-22(20)26(27,28)29;/h2-5,14,16-19H,6-13,15H2,1H3,(H2,30,35);1H/t16-,18?;/m0./s1. The SMILES string of the molecule is C[C@@H](C(N)=O)N1CCC(n2ncc(C(=O)N3CCC(c4ccccc4C(F)(F)F)C3)c2C2CC2)CC1.Cl. The highest BCUT2D eigenvalue weighted by Gasteiger charge is 2.40. The number of aromatic nitrogens is 2. The van der Waals surface area contributed by atoms with E-state index < -0.39 is 11.7 Å². The molecule has 0 bridgehead atoms. The molecule has 37 heavy (non-hydrogen) atoms. The smallest absolute Gasteiger partial charge is 0.368 e. The average Bonchev–Trinajstić information content (AvgIpc) is 3.40. The fourth-order valence-corrected chi connectivity index (χ4v) is 5.77. The number of primary amides is 1. The molecular formula is C26H33ClF3N5O2. The third-order valence-corrected chi connectivity index (χ3v) is 8.01. The minimum atomic E-state index is -4.42. The largest absolute Gasteiger partial charge is 0.416 e. The maximum Gasteiger partial charge on any atom is 0.416 e. The number of rotatable bonds is 6. The van der Waals surface area contributed by atoms with Crippen molar-refractivity contribution < 1.29 is 22.8 Å². The highest BCUT2D eigenvalue weighted by molar-refractivity contribution is 5.95. The second-order valence-electron chi connectivity index (χ2n) is 10.3. The van der Waals surface area contributed by atoms with Crippen molar-refractivity contribution in [3.63, 3.8) is 0 Å². The Kier molecular flexibility index (Phi) is 7.90. The molecule has 3 heterocycles. The van der Waals surface area contributed by atoms with Gasteiger partial charge in [0.15, 0.2) is 0 Å². The van der Waals surface area contributed by atoms with Gasteiger partial charge in [0.1, 0.15) is 0 Å². The molecule has 2 amide bonds. The van der Waals surface area contributed by atoms with Gasteiger partial charge in [-0.3, -0.25) is 19.2 Å². The summed E-state index contributed by atoms with van der Waals surface area (Å²) in [5, 5.41) is 4.63. The van der Waals surface area contributed by atoms with Crippen molar-refractivity contribution in [2.24, 2.45) is 5.73 Å². The molecule has 2 aromatic rings. The molecule has 1 aromatic carbocycles. The normalized spacial score (nSPS) is 22.1. The number of likely N-dealkylation sites (tertiary alicyclic amines) is 2. The van der Waals surface area contributed by atoms with Crippen LogP contribution in [0.25, 0.3) is 0 Å². The first-order valence-corrected chi connectivity index (χ1v) is 12.7. The van der Waals surface area contributed by atoms with E-state index in [9.17, 15) is 22.8 Å². The Bertz CT molecular complexity index is 1140. The number of alkyl halides is 3. The number of nitrogens with zero attached hydrogens (tertiary/aromatic N) is 4. The van der Waals surface area contributed by atoms with E-state index in [1.54, 1.807) is 17.2 Å². The zero-order valence-corrected chi connectivity index (χ0v) is 21.6. The van der Waals surface area contributed by atoms with Crippen LogP contribution >= 0.6 is 12.4 Å². The van der Waals surface area contributed by atoms with E-state index in [1.165, 1.54) is 12.1 Å². The summed E-state index contributed by atoms with van der Waals surface area (Å²) < 4.78 is 42.6. The Balaban J connectivity index is 0.00000320. The van der Waals surface area contributed by atoms with Crippen LogP contribution in [-0.2, 0) is 11.0 Å². The van der Waals surface area contributed by atoms with Crippen molar-refractivity contribution >= 4 is 24.2 Å². The minimum Gasteiger partial charge on any atom is -0.368 e. The lowest BCUT2D eigenvalue weighted by atomic mass is 9.93. The number of nitrogens with two attached hydrogens (primary N) is 1. The molecule has 11 heteroatoms. The number of carbonyl (C=O) groups excluding carboxylic acids is 2. The first-order chi connectivity index (χ1) is 17.1. The highest BCUT2D eigenvalue weighted by Crippen LogP contribution is 2.44. The molecule has 7 nitrogen and oxygen atoms in total. The van der Waals surface area contributed by atoms with Crippen molar-refractivity contribution in [1.82, 2.24) is 19.6 Å². The number of hydrogen-bond donors (Lipinski definition) is 1. The Morgan fingerprint density at radius 3 is 2.32 bits per heavy atom. The molecule has 1 aliphatic carbocycles. The van der Waals surface area contributed by atoms with Gasteiger partial charge >= 0.3 is 6.18 Å². The van der Waals surface area contributed by atoms with Gasteiger partial charge < -0.3 is 10.6 Å². The molecule has 2 aliphatic heterocycles. The Hall–Kier alpha value is -2.59. The van der Waals surface area contributed by atoms with Gasteiger partial charge in [0, 0.05) is 38.0 Å². The number of piperidine rings is 1. The Morgan fingerprint density at radius 2 is 1.70 bits per heavy atom. The summed E-state index contributed by atoms with van der Waals surface area (Å²) in [6.45, 7) is 3.97. The lowest BCUT2D eigenvalue weighted by Gasteiger charge is -2.35. The number of benzene rings is 1. The third kappa shape index (κ3) is 5.50. The topological polar surface area (TPSA) is 84.5 Å². The number of carbonyl (C=O) groups is 2. The van der Waals surface area contributed by atoms with Crippen LogP contribution in [-0.4, -0.2) is 63.6 Å². The van der Waals surface area contributed by atoms with Gasteiger partial charge in [0.2, 0.25) is 5.91 Å². The summed E-state index contributed by atoms with van der Waals surface area (Å²) >= 11 is 0. The number of halogens is 4. The molecule has 1 saturated carbocycles. The lowest BCUT2D eigenvalue weighted by molar-refractivity contribution is -0.138. The van der Waals surface area contributed by atoms with E-state index >= 15 is 0 Å². The van der Waals surface area contributed by atoms with Crippen LogP contribution in [0.1, 0.15) is 84.1 Å². The molecule has 202 valence electrons. The molecule has 2 atom stereocenters. The summed E-state index contributed by atoms with van der Waals surface area (Å²) in [6.07, 6.45) is 1.36. The van der Waals surface area contributed by atoms with E-state index in [1.807, 2.05) is 11.6 Å². The van der Waals surface area contributed by atoms with Gasteiger partial charge in [-0.2, -0.15) is 18.3 Å². The second-order valence-corrected chi connectivity index (χ2v) is 10.3. The molecule has 1 unspecified atom stereocenters. The summed E-state index contributed by atoms with van der Waals surface area (Å²) in [5.41, 5.74) is 6.64. The summed E-state index contributed by atoms with van der Waals surface area (Å²) in [4.78, 5) is 28.9. The van der Waals surface area contributed by atoms with Crippen LogP contribution in [0.3, 0.4) is 0 Å². The number of hydrogen-bond acceptors (Lipinski definition) is 4. The van der Waals surface area contributed by atoms with Crippen molar-refractivity contribution in [3.8, 4) is 0 Å². The maximum absolute atomic E-state index is 13.6. The summed E-state index contributed by atoms with van der Waals surface area (Å²) in [7, 11) is 0. The van der Waals surface area contributed by atoms with Crippen molar-refractivity contribution in [1.29, 1.82) is 0 Å². The van der Waals surface area contributed by atoms with Crippen LogP contribution in [0, 0.1) is 0 Å². The zero-order chi connectivity index (χ0) is 25.6. The first kappa shape index (κ1) is 27.4.